The molecule has 0 saturated heterocycles. The lowest BCUT2D eigenvalue weighted by molar-refractivity contribution is 0.0707. The van der Waals surface area contributed by atoms with Crippen molar-refractivity contribution >= 4 is 21.8 Å². The number of halogens is 1. The molecule has 23 heavy (non-hydrogen) atoms. The highest BCUT2D eigenvalue weighted by Gasteiger charge is 2.20. The third-order valence-electron chi connectivity index (χ3n) is 3.91. The average Bonchev–Trinajstić information content (AvgIpc) is 3.03. The van der Waals surface area contributed by atoms with E-state index in [1.165, 1.54) is 0 Å². The Hall–Kier alpha value is -1.85. The lowest BCUT2D eigenvalue weighted by Crippen LogP contribution is -2.33. The molecule has 1 aliphatic heterocycles. The molecule has 0 atom stereocenters. The van der Waals surface area contributed by atoms with E-state index < -0.39 is 0 Å². The number of carbonyl (C=O) groups excluding carboxylic acids is 1. The van der Waals surface area contributed by atoms with Crippen LogP contribution >= 0.6 is 15.9 Å². The Morgan fingerprint density at radius 1 is 1.26 bits per heavy atom. The van der Waals surface area contributed by atoms with Gasteiger partial charge in [-0.3, -0.25) is 4.79 Å². The summed E-state index contributed by atoms with van der Waals surface area (Å²) in [5.74, 6) is 0.783. The van der Waals surface area contributed by atoms with Gasteiger partial charge in [-0.15, -0.1) is 0 Å². The van der Waals surface area contributed by atoms with Crippen LogP contribution < -0.4 is 4.74 Å². The van der Waals surface area contributed by atoms with Gasteiger partial charge in [-0.25, -0.2) is 0 Å². The molecule has 0 unspecified atom stereocenters. The van der Waals surface area contributed by atoms with E-state index >= 15 is 0 Å². The topological polar surface area (TPSA) is 49.8 Å². The van der Waals surface area contributed by atoms with Crippen LogP contribution in [0.25, 0.3) is 0 Å². The molecule has 2 aromatic rings. The first-order valence-corrected chi connectivity index (χ1v) is 8.37. The molecule has 0 aromatic heterocycles. The van der Waals surface area contributed by atoms with E-state index in [9.17, 15) is 9.90 Å². The van der Waals surface area contributed by atoms with Crippen LogP contribution in [0.2, 0.25) is 0 Å². The van der Waals surface area contributed by atoms with Crippen LogP contribution in [-0.2, 0) is 13.0 Å². The van der Waals surface area contributed by atoms with Gasteiger partial charge in [-0.05, 0) is 35.4 Å². The summed E-state index contributed by atoms with van der Waals surface area (Å²) in [6, 6.07) is 13.3. The fourth-order valence-electron chi connectivity index (χ4n) is 2.71. The molecule has 0 radical (unpaired) electrons. The highest BCUT2D eigenvalue weighted by molar-refractivity contribution is 9.10. The minimum atomic E-state index is -0.0792. The second kappa shape index (κ2) is 7.15. The first-order chi connectivity index (χ1) is 11.2. The van der Waals surface area contributed by atoms with Crippen molar-refractivity contribution in [1.82, 2.24) is 4.90 Å². The smallest absolute Gasteiger partial charge is 0.254 e. The van der Waals surface area contributed by atoms with Crippen LogP contribution in [0.1, 0.15) is 21.5 Å². The van der Waals surface area contributed by atoms with Crippen LogP contribution in [0.4, 0.5) is 0 Å². The molecule has 2 aromatic carbocycles. The van der Waals surface area contributed by atoms with Gasteiger partial charge in [-0.2, -0.15) is 0 Å². The van der Waals surface area contributed by atoms with Gasteiger partial charge in [0, 0.05) is 29.5 Å². The molecule has 5 heteroatoms. The van der Waals surface area contributed by atoms with Crippen molar-refractivity contribution in [2.45, 2.75) is 13.0 Å². The molecule has 0 fully saturated rings. The molecule has 1 heterocycles. The van der Waals surface area contributed by atoms with Crippen molar-refractivity contribution in [1.29, 1.82) is 0 Å². The quantitative estimate of drug-likeness (QED) is 0.873. The van der Waals surface area contributed by atoms with E-state index in [1.807, 2.05) is 36.4 Å². The van der Waals surface area contributed by atoms with E-state index in [0.717, 1.165) is 27.8 Å². The molecule has 120 valence electrons. The summed E-state index contributed by atoms with van der Waals surface area (Å²) in [7, 11) is 0. The van der Waals surface area contributed by atoms with Crippen LogP contribution in [0.3, 0.4) is 0 Å². The van der Waals surface area contributed by atoms with Crippen LogP contribution in [0.5, 0.6) is 5.75 Å². The number of aliphatic hydroxyl groups excluding tert-OH is 1. The second-order valence-corrected chi connectivity index (χ2v) is 6.32. The minimum absolute atomic E-state index is 0.0652. The Kier molecular flexibility index (Phi) is 4.98. The number of amides is 1. The highest BCUT2D eigenvalue weighted by Crippen LogP contribution is 2.27. The molecule has 0 aliphatic carbocycles. The zero-order valence-corrected chi connectivity index (χ0v) is 14.3. The third kappa shape index (κ3) is 3.57. The summed E-state index contributed by atoms with van der Waals surface area (Å²) in [4.78, 5) is 14.5. The maximum Gasteiger partial charge on any atom is 0.254 e. The summed E-state index contributed by atoms with van der Waals surface area (Å²) in [6.45, 7) is 1.36. The van der Waals surface area contributed by atoms with Gasteiger partial charge in [0.05, 0.1) is 13.2 Å². The summed E-state index contributed by atoms with van der Waals surface area (Å²) >= 11 is 3.50. The van der Waals surface area contributed by atoms with Crippen molar-refractivity contribution in [3.8, 4) is 5.75 Å². The van der Waals surface area contributed by atoms with E-state index in [2.05, 4.69) is 15.9 Å². The number of nitrogens with zero attached hydrogens (tertiary/aromatic N) is 1. The van der Waals surface area contributed by atoms with Crippen LogP contribution in [0.15, 0.2) is 46.9 Å². The first-order valence-electron chi connectivity index (χ1n) is 7.58. The van der Waals surface area contributed by atoms with E-state index in [1.54, 1.807) is 11.0 Å². The molecule has 1 aliphatic rings. The molecular weight excluding hydrogens is 358 g/mol. The van der Waals surface area contributed by atoms with E-state index in [0.29, 0.717) is 25.3 Å². The number of hydrogen-bond acceptors (Lipinski definition) is 3. The van der Waals surface area contributed by atoms with Crippen LogP contribution in [0, 0.1) is 0 Å². The maximum atomic E-state index is 12.8. The standard InChI is InChI=1S/C18H18BrNO3/c19-16-4-2-1-3-15(16)12-20(8-9-21)18(22)14-5-6-17-13(11-14)7-10-23-17/h1-6,11,21H,7-10,12H2. The second-order valence-electron chi connectivity index (χ2n) is 5.46. The van der Waals surface area contributed by atoms with Gasteiger partial charge in [0.25, 0.3) is 5.91 Å². The van der Waals surface area contributed by atoms with Crippen molar-refractivity contribution in [2.75, 3.05) is 19.8 Å². The van der Waals surface area contributed by atoms with E-state index in [4.69, 9.17) is 4.74 Å². The molecule has 1 amide bonds. The van der Waals surface area contributed by atoms with Gasteiger partial charge in [0.2, 0.25) is 0 Å². The number of hydrogen-bond donors (Lipinski definition) is 1. The maximum absolute atomic E-state index is 12.8. The van der Waals surface area contributed by atoms with E-state index in [-0.39, 0.29) is 12.5 Å². The zero-order valence-electron chi connectivity index (χ0n) is 12.7. The summed E-state index contributed by atoms with van der Waals surface area (Å²) in [5, 5.41) is 9.31. The first kappa shape index (κ1) is 16.0. The van der Waals surface area contributed by atoms with Gasteiger partial charge in [-0.1, -0.05) is 34.1 Å². The van der Waals surface area contributed by atoms with Crippen molar-refractivity contribution in [3.63, 3.8) is 0 Å². The number of carbonyl (C=O) groups is 1. The average molecular weight is 376 g/mol. The number of aliphatic hydroxyl groups is 1. The Bertz CT molecular complexity index is 717. The number of ether oxygens (including phenoxy) is 1. The van der Waals surface area contributed by atoms with Gasteiger partial charge < -0.3 is 14.7 Å². The molecule has 3 rings (SSSR count). The predicted molar refractivity (Wildman–Crippen MR) is 91.6 cm³/mol. The Labute approximate surface area is 143 Å². The van der Waals surface area contributed by atoms with Crippen molar-refractivity contribution < 1.29 is 14.6 Å². The largest absolute Gasteiger partial charge is 0.493 e. The van der Waals surface area contributed by atoms with Crippen molar-refractivity contribution in [2.24, 2.45) is 0 Å². The molecule has 0 spiro atoms. The molecular formula is C18H18BrNO3. The highest BCUT2D eigenvalue weighted by atomic mass is 79.9. The molecule has 1 N–H and O–H groups in total. The van der Waals surface area contributed by atoms with Gasteiger partial charge in [0.15, 0.2) is 0 Å². The zero-order chi connectivity index (χ0) is 16.2. The minimum Gasteiger partial charge on any atom is -0.493 e. The predicted octanol–water partition coefficient (Wildman–Crippen LogP) is 3.02. The number of fused-ring (bicyclic) bond motifs is 1. The summed E-state index contributed by atoms with van der Waals surface area (Å²) in [6.07, 6.45) is 0.834. The fraction of sp³-hybridized carbons (Fsp3) is 0.278. The lowest BCUT2D eigenvalue weighted by atomic mass is 10.1. The SMILES string of the molecule is O=C(c1ccc2c(c1)CCO2)N(CCO)Cc1ccccc1Br. The monoisotopic (exact) mass is 375 g/mol. The normalized spacial score (nSPS) is 12.6. The fourth-order valence-corrected chi connectivity index (χ4v) is 3.12. The molecule has 0 saturated carbocycles. The Morgan fingerprint density at radius 3 is 2.87 bits per heavy atom. The summed E-state index contributed by atoms with van der Waals surface area (Å²) < 4.78 is 6.44. The van der Waals surface area contributed by atoms with Crippen LogP contribution in [-0.4, -0.2) is 35.7 Å². The number of rotatable bonds is 5. The molecule has 4 nitrogen and oxygen atoms in total. The van der Waals surface area contributed by atoms with Gasteiger partial charge in [0.1, 0.15) is 5.75 Å². The Balaban J connectivity index is 1.83. The molecule has 0 bridgehead atoms. The van der Waals surface area contributed by atoms with Crippen molar-refractivity contribution in [3.05, 3.63) is 63.6 Å². The lowest BCUT2D eigenvalue weighted by Gasteiger charge is -2.23. The Morgan fingerprint density at radius 2 is 2.09 bits per heavy atom. The number of benzene rings is 2. The third-order valence-corrected chi connectivity index (χ3v) is 4.69. The van der Waals surface area contributed by atoms with Gasteiger partial charge >= 0.3 is 0 Å². The summed E-state index contributed by atoms with van der Waals surface area (Å²) in [5.41, 5.74) is 2.72.